The minimum atomic E-state index is -0.317. The van der Waals surface area contributed by atoms with Crippen molar-refractivity contribution in [1.29, 1.82) is 0 Å². The predicted octanol–water partition coefficient (Wildman–Crippen LogP) is 5.07. The van der Waals surface area contributed by atoms with E-state index in [2.05, 4.69) is 4.98 Å². The maximum atomic E-state index is 12.7. The van der Waals surface area contributed by atoms with Gasteiger partial charge >= 0.3 is 0 Å². The van der Waals surface area contributed by atoms with Crippen LogP contribution < -0.4 is 4.90 Å². The van der Waals surface area contributed by atoms with Crippen molar-refractivity contribution in [3.05, 3.63) is 89.5 Å². The molecule has 0 fully saturated rings. The zero-order valence-electron chi connectivity index (χ0n) is 15.6. The van der Waals surface area contributed by atoms with Crippen molar-refractivity contribution in [2.24, 2.45) is 0 Å². The second-order valence-electron chi connectivity index (χ2n) is 6.70. The van der Waals surface area contributed by atoms with Crippen LogP contribution in [0.25, 0.3) is 10.2 Å². The average molecular weight is 431 g/mol. The summed E-state index contributed by atoms with van der Waals surface area (Å²) >= 11 is 2.83. The molecule has 2 amide bonds. The number of rotatable bonds is 5. The lowest BCUT2D eigenvalue weighted by molar-refractivity contribution is 0.0925. The van der Waals surface area contributed by atoms with Gasteiger partial charge in [-0.25, -0.2) is 9.88 Å². The lowest BCUT2D eigenvalue weighted by atomic mass is 10.1. The minimum absolute atomic E-state index is 0.0477. The Hall–Kier alpha value is -3.29. The highest BCUT2D eigenvalue weighted by molar-refractivity contribution is 8.01. The summed E-state index contributed by atoms with van der Waals surface area (Å²) in [6.07, 6.45) is 0. The summed E-state index contributed by atoms with van der Waals surface area (Å²) in [5.74, 6) is -0.286. The second kappa shape index (κ2) is 7.51. The molecule has 0 spiro atoms. The lowest BCUT2D eigenvalue weighted by Crippen LogP contribution is -2.29. The molecule has 0 N–H and O–H groups in total. The van der Waals surface area contributed by atoms with Crippen molar-refractivity contribution in [3.63, 3.8) is 0 Å². The third kappa shape index (κ3) is 3.22. The lowest BCUT2D eigenvalue weighted by Gasteiger charge is -2.13. The largest absolute Gasteiger partial charge is 0.293 e. The maximum absolute atomic E-state index is 12.7. The van der Waals surface area contributed by atoms with E-state index in [0.29, 0.717) is 28.1 Å². The predicted molar refractivity (Wildman–Crippen MR) is 119 cm³/mol. The van der Waals surface area contributed by atoms with E-state index in [1.165, 1.54) is 28.0 Å². The van der Waals surface area contributed by atoms with Gasteiger partial charge in [-0.2, -0.15) is 0 Å². The third-order valence-corrected chi connectivity index (χ3v) is 6.99. The molecular formula is C23H14N2O3S2. The van der Waals surface area contributed by atoms with E-state index in [1.807, 2.05) is 18.2 Å². The van der Waals surface area contributed by atoms with Crippen LogP contribution in [0.5, 0.6) is 0 Å². The number of fused-ring (bicyclic) bond motifs is 2. The Morgan fingerprint density at radius 1 is 0.900 bits per heavy atom. The number of hydrogen-bond acceptors (Lipinski definition) is 6. The Morgan fingerprint density at radius 2 is 1.57 bits per heavy atom. The van der Waals surface area contributed by atoms with E-state index in [-0.39, 0.29) is 17.6 Å². The van der Waals surface area contributed by atoms with Crippen LogP contribution in [0.1, 0.15) is 31.1 Å². The Labute approximate surface area is 180 Å². The highest BCUT2D eigenvalue weighted by Gasteiger charge is 2.36. The van der Waals surface area contributed by atoms with Crippen LogP contribution in [0.2, 0.25) is 0 Å². The van der Waals surface area contributed by atoms with Gasteiger partial charge in [0.15, 0.2) is 10.1 Å². The SMILES string of the molecule is O=C(CSc1nc2ccc(N3C(=O)c4ccccc4C3=O)cc2s1)c1ccccc1. The van der Waals surface area contributed by atoms with E-state index in [0.717, 1.165) is 14.6 Å². The molecule has 1 aromatic heterocycles. The Morgan fingerprint density at radius 3 is 2.27 bits per heavy atom. The van der Waals surface area contributed by atoms with Gasteiger partial charge < -0.3 is 0 Å². The number of thioether (sulfide) groups is 1. The number of nitrogens with zero attached hydrogens (tertiary/aromatic N) is 2. The summed E-state index contributed by atoms with van der Waals surface area (Å²) in [4.78, 5) is 43.5. The highest BCUT2D eigenvalue weighted by atomic mass is 32.2. The number of anilines is 1. The maximum Gasteiger partial charge on any atom is 0.266 e. The molecular weight excluding hydrogens is 416 g/mol. The molecule has 1 aliphatic rings. The standard InChI is InChI=1S/C23H14N2O3S2/c26-19(14-6-2-1-3-7-14)13-29-23-24-18-11-10-15(12-20(18)30-23)25-21(27)16-8-4-5-9-17(16)22(25)28/h1-12H,13H2. The topological polar surface area (TPSA) is 67.3 Å². The van der Waals surface area contributed by atoms with E-state index in [4.69, 9.17) is 0 Å². The van der Waals surface area contributed by atoms with Gasteiger partial charge in [0.05, 0.1) is 32.8 Å². The van der Waals surface area contributed by atoms with Crippen molar-refractivity contribution < 1.29 is 14.4 Å². The number of hydrogen-bond donors (Lipinski definition) is 0. The second-order valence-corrected chi connectivity index (χ2v) is 8.95. The van der Waals surface area contributed by atoms with Crippen molar-refractivity contribution in [2.75, 3.05) is 10.7 Å². The summed E-state index contributed by atoms with van der Waals surface area (Å²) in [5, 5.41) is 0. The quantitative estimate of drug-likeness (QED) is 0.251. The normalized spacial score (nSPS) is 13.1. The van der Waals surface area contributed by atoms with Gasteiger partial charge in [-0.1, -0.05) is 54.2 Å². The van der Waals surface area contributed by atoms with Crippen LogP contribution in [-0.2, 0) is 0 Å². The van der Waals surface area contributed by atoms with Gasteiger partial charge in [0.25, 0.3) is 11.8 Å². The molecule has 5 rings (SSSR count). The first-order valence-corrected chi connectivity index (χ1v) is 11.0. The van der Waals surface area contributed by atoms with Gasteiger partial charge in [-0.15, -0.1) is 11.3 Å². The zero-order valence-corrected chi connectivity index (χ0v) is 17.2. The minimum Gasteiger partial charge on any atom is -0.293 e. The highest BCUT2D eigenvalue weighted by Crippen LogP contribution is 2.35. The van der Waals surface area contributed by atoms with Crippen LogP contribution in [0.4, 0.5) is 5.69 Å². The number of ketones is 1. The monoisotopic (exact) mass is 430 g/mol. The summed E-state index contributed by atoms with van der Waals surface area (Å²) in [7, 11) is 0. The van der Waals surface area contributed by atoms with Crippen molar-refractivity contribution in [2.45, 2.75) is 4.34 Å². The molecule has 1 aliphatic heterocycles. The molecule has 7 heteroatoms. The first-order chi connectivity index (χ1) is 14.6. The smallest absolute Gasteiger partial charge is 0.266 e. The molecule has 0 radical (unpaired) electrons. The molecule has 0 saturated heterocycles. The van der Waals surface area contributed by atoms with Crippen LogP contribution >= 0.6 is 23.1 Å². The van der Waals surface area contributed by atoms with Crippen molar-refractivity contribution in [3.8, 4) is 0 Å². The van der Waals surface area contributed by atoms with Crippen molar-refractivity contribution in [1.82, 2.24) is 4.98 Å². The number of imide groups is 1. The number of carbonyl (C=O) groups is 3. The molecule has 2 heterocycles. The van der Waals surface area contributed by atoms with Crippen molar-refractivity contribution >= 4 is 56.6 Å². The number of aromatic nitrogens is 1. The number of carbonyl (C=O) groups excluding carboxylic acids is 3. The van der Waals surface area contributed by atoms with Gasteiger partial charge in [0, 0.05) is 5.56 Å². The zero-order chi connectivity index (χ0) is 20.7. The molecule has 0 bridgehead atoms. The fourth-order valence-corrected chi connectivity index (χ4v) is 5.35. The Kier molecular flexibility index (Phi) is 4.69. The molecule has 4 aromatic rings. The average Bonchev–Trinajstić information content (AvgIpc) is 3.30. The first-order valence-electron chi connectivity index (χ1n) is 9.21. The summed E-state index contributed by atoms with van der Waals surface area (Å²) in [5.41, 5.74) is 2.81. The molecule has 3 aromatic carbocycles. The van der Waals surface area contributed by atoms with Gasteiger partial charge in [-0.3, -0.25) is 14.4 Å². The Balaban J connectivity index is 1.38. The number of thiazole rings is 1. The Bertz CT molecular complexity index is 1280. The van der Waals surface area contributed by atoms with E-state index in [1.54, 1.807) is 54.6 Å². The molecule has 0 aliphatic carbocycles. The molecule has 0 saturated carbocycles. The van der Waals surface area contributed by atoms with E-state index in [9.17, 15) is 14.4 Å². The van der Waals surface area contributed by atoms with E-state index >= 15 is 0 Å². The van der Waals surface area contributed by atoms with Gasteiger partial charge in [0.2, 0.25) is 0 Å². The molecule has 5 nitrogen and oxygen atoms in total. The van der Waals surface area contributed by atoms with Crippen LogP contribution in [0.3, 0.4) is 0 Å². The number of Topliss-reactive ketones (excluding diaryl/α,β-unsaturated/α-hetero) is 1. The molecule has 0 atom stereocenters. The molecule has 0 unspecified atom stereocenters. The van der Waals surface area contributed by atoms with Crippen LogP contribution in [0, 0.1) is 0 Å². The molecule has 30 heavy (non-hydrogen) atoms. The summed E-state index contributed by atoms with van der Waals surface area (Å²) in [6, 6.07) is 21.3. The third-order valence-electron chi connectivity index (χ3n) is 4.83. The van der Waals surface area contributed by atoms with E-state index < -0.39 is 0 Å². The fourth-order valence-electron chi connectivity index (χ4n) is 3.35. The van der Waals surface area contributed by atoms with Gasteiger partial charge in [-0.05, 0) is 30.3 Å². The molecule has 146 valence electrons. The number of amides is 2. The summed E-state index contributed by atoms with van der Waals surface area (Å²) in [6.45, 7) is 0. The summed E-state index contributed by atoms with van der Waals surface area (Å²) < 4.78 is 1.63. The van der Waals surface area contributed by atoms with Crippen LogP contribution in [0.15, 0.2) is 77.1 Å². The van der Waals surface area contributed by atoms with Crippen LogP contribution in [-0.4, -0.2) is 28.3 Å². The number of benzene rings is 3. The van der Waals surface area contributed by atoms with Gasteiger partial charge in [0.1, 0.15) is 0 Å². The first kappa shape index (κ1) is 18.7. The fraction of sp³-hybridized carbons (Fsp3) is 0.0435.